The van der Waals surface area contributed by atoms with Crippen molar-refractivity contribution in [2.75, 3.05) is 7.11 Å². The Morgan fingerprint density at radius 1 is 1.38 bits per heavy atom. The van der Waals surface area contributed by atoms with Crippen molar-refractivity contribution in [3.05, 3.63) is 53.8 Å². The molecule has 1 rings (SSSR count). The van der Waals surface area contributed by atoms with E-state index >= 15 is 0 Å². The Morgan fingerprint density at radius 3 is 2.50 bits per heavy atom. The summed E-state index contributed by atoms with van der Waals surface area (Å²) in [6.45, 7) is 8.54. The number of carbonyl (C=O) groups is 1. The molecule has 16 heavy (non-hydrogen) atoms. The highest BCUT2D eigenvalue weighted by atomic mass is 16.5. The van der Waals surface area contributed by atoms with Crippen LogP contribution in [0.5, 0.6) is 5.75 Å². The number of Topliss-reactive ketones (excluding diaryl/α,β-unsaturated/α-hetero) is 1. The number of aliphatic hydroxyl groups excluding tert-OH is 1. The zero-order valence-corrected chi connectivity index (χ0v) is 9.41. The minimum absolute atomic E-state index is 0.00338. The van der Waals surface area contributed by atoms with Gasteiger partial charge in [-0.15, -0.1) is 0 Å². The van der Waals surface area contributed by atoms with Gasteiger partial charge < -0.3 is 9.84 Å². The molecule has 84 valence electrons. The lowest BCUT2D eigenvalue weighted by atomic mass is 9.98. The number of benzene rings is 1. The largest absolute Gasteiger partial charge is 0.508 e. The summed E-state index contributed by atoms with van der Waals surface area (Å²) in [4.78, 5) is 11.9. The SMILES string of the molecule is C=C(O)C(=C)C(=O)c1cccc(OC)c1C. The van der Waals surface area contributed by atoms with Gasteiger partial charge in [0, 0.05) is 11.1 Å². The van der Waals surface area contributed by atoms with E-state index in [9.17, 15) is 4.79 Å². The third kappa shape index (κ3) is 2.14. The first-order valence-electron chi connectivity index (χ1n) is 4.74. The quantitative estimate of drug-likeness (QED) is 0.366. The maximum absolute atomic E-state index is 11.9. The van der Waals surface area contributed by atoms with E-state index in [1.54, 1.807) is 25.1 Å². The molecule has 0 aliphatic rings. The predicted octanol–water partition coefficient (Wildman–Crippen LogP) is 2.81. The lowest BCUT2D eigenvalue weighted by Gasteiger charge is -2.10. The molecule has 0 aliphatic heterocycles. The van der Waals surface area contributed by atoms with Gasteiger partial charge in [0.05, 0.1) is 12.7 Å². The highest BCUT2D eigenvalue weighted by molar-refractivity contribution is 6.11. The van der Waals surface area contributed by atoms with Crippen LogP contribution in [-0.2, 0) is 0 Å². The van der Waals surface area contributed by atoms with Crippen molar-refractivity contribution in [2.45, 2.75) is 6.92 Å². The molecule has 3 nitrogen and oxygen atoms in total. The van der Waals surface area contributed by atoms with Crippen LogP contribution in [0.25, 0.3) is 0 Å². The van der Waals surface area contributed by atoms with Crippen molar-refractivity contribution in [1.29, 1.82) is 0 Å². The molecular formula is C13H14O3. The minimum atomic E-state index is -0.344. The fraction of sp³-hybridized carbons (Fsp3) is 0.154. The zero-order chi connectivity index (χ0) is 12.3. The van der Waals surface area contributed by atoms with Gasteiger partial charge in [-0.1, -0.05) is 25.3 Å². The van der Waals surface area contributed by atoms with Crippen LogP contribution in [0.15, 0.2) is 42.7 Å². The first-order valence-corrected chi connectivity index (χ1v) is 4.74. The van der Waals surface area contributed by atoms with E-state index in [4.69, 9.17) is 9.84 Å². The van der Waals surface area contributed by atoms with E-state index in [1.807, 2.05) is 0 Å². The number of hydrogen-bond acceptors (Lipinski definition) is 3. The Bertz CT molecular complexity index is 458. The van der Waals surface area contributed by atoms with Crippen LogP contribution >= 0.6 is 0 Å². The zero-order valence-electron chi connectivity index (χ0n) is 9.41. The summed E-state index contributed by atoms with van der Waals surface area (Å²) < 4.78 is 5.11. The molecule has 0 fully saturated rings. The summed E-state index contributed by atoms with van der Waals surface area (Å²) in [7, 11) is 1.54. The van der Waals surface area contributed by atoms with Crippen LogP contribution in [0, 0.1) is 6.92 Å². The van der Waals surface area contributed by atoms with Gasteiger partial charge in [-0.05, 0) is 13.0 Å². The average Bonchev–Trinajstić information content (AvgIpc) is 2.27. The Hall–Kier alpha value is -2.03. The van der Waals surface area contributed by atoms with Crippen molar-refractivity contribution >= 4 is 5.78 Å². The molecule has 1 aromatic rings. The van der Waals surface area contributed by atoms with Gasteiger partial charge in [0.25, 0.3) is 0 Å². The maximum atomic E-state index is 11.9. The molecule has 0 aliphatic carbocycles. The number of aliphatic hydroxyl groups is 1. The number of carbonyl (C=O) groups excluding carboxylic acids is 1. The van der Waals surface area contributed by atoms with Crippen LogP contribution in [-0.4, -0.2) is 18.0 Å². The van der Waals surface area contributed by atoms with Crippen LogP contribution in [0.3, 0.4) is 0 Å². The molecule has 0 atom stereocenters. The Kier molecular flexibility index (Phi) is 3.51. The summed E-state index contributed by atoms with van der Waals surface area (Å²) >= 11 is 0. The first-order chi connectivity index (χ1) is 7.49. The highest BCUT2D eigenvalue weighted by Gasteiger charge is 2.16. The lowest BCUT2D eigenvalue weighted by Crippen LogP contribution is -2.07. The molecule has 3 heteroatoms. The predicted molar refractivity (Wildman–Crippen MR) is 63.0 cm³/mol. The minimum Gasteiger partial charge on any atom is -0.508 e. The van der Waals surface area contributed by atoms with Crippen LogP contribution < -0.4 is 4.74 Å². The molecule has 0 amide bonds. The molecule has 1 N–H and O–H groups in total. The number of rotatable bonds is 4. The highest BCUT2D eigenvalue weighted by Crippen LogP contribution is 2.23. The monoisotopic (exact) mass is 218 g/mol. The number of ether oxygens (including phenoxy) is 1. The topological polar surface area (TPSA) is 46.5 Å². The molecular weight excluding hydrogens is 204 g/mol. The Morgan fingerprint density at radius 2 is 2.00 bits per heavy atom. The van der Waals surface area contributed by atoms with E-state index < -0.39 is 0 Å². The molecule has 0 aromatic heterocycles. The first kappa shape index (κ1) is 12.0. The second kappa shape index (κ2) is 4.66. The third-order valence-electron chi connectivity index (χ3n) is 2.37. The van der Waals surface area contributed by atoms with Crippen LogP contribution in [0.2, 0.25) is 0 Å². The summed E-state index contributed by atoms with van der Waals surface area (Å²) in [5.74, 6) is -0.0293. The Labute approximate surface area is 94.7 Å². The van der Waals surface area contributed by atoms with E-state index in [0.717, 1.165) is 5.56 Å². The smallest absolute Gasteiger partial charge is 0.196 e. The van der Waals surface area contributed by atoms with Gasteiger partial charge in [0.1, 0.15) is 11.5 Å². The molecule has 0 saturated carbocycles. The van der Waals surface area contributed by atoms with Gasteiger partial charge in [-0.25, -0.2) is 0 Å². The van der Waals surface area contributed by atoms with Crippen molar-refractivity contribution in [3.8, 4) is 5.75 Å². The van der Waals surface area contributed by atoms with E-state index in [0.29, 0.717) is 11.3 Å². The summed E-state index contributed by atoms with van der Waals surface area (Å²) in [6, 6.07) is 5.14. The molecule has 0 bridgehead atoms. The number of ketones is 1. The van der Waals surface area contributed by atoms with E-state index in [1.165, 1.54) is 7.11 Å². The average molecular weight is 218 g/mol. The molecule has 1 aromatic carbocycles. The van der Waals surface area contributed by atoms with E-state index in [-0.39, 0.29) is 17.1 Å². The van der Waals surface area contributed by atoms with Crippen LogP contribution in [0.1, 0.15) is 15.9 Å². The summed E-state index contributed by atoms with van der Waals surface area (Å²) in [5.41, 5.74) is 1.17. The van der Waals surface area contributed by atoms with Crippen LogP contribution in [0.4, 0.5) is 0 Å². The van der Waals surface area contributed by atoms with Crippen molar-refractivity contribution in [2.24, 2.45) is 0 Å². The van der Waals surface area contributed by atoms with Gasteiger partial charge in [-0.2, -0.15) is 0 Å². The molecule has 0 spiro atoms. The third-order valence-corrected chi connectivity index (χ3v) is 2.37. The standard InChI is InChI=1S/C13H14O3/c1-8(10(3)14)13(15)11-6-5-7-12(16-4)9(11)2/h5-7,14H,1,3H2,2,4H3. The number of allylic oxidation sites excluding steroid dienone is 1. The van der Waals surface area contributed by atoms with Crippen molar-refractivity contribution in [3.63, 3.8) is 0 Å². The summed E-state index contributed by atoms with van der Waals surface area (Å²) in [5, 5.41) is 9.12. The normalized spacial score (nSPS) is 9.62. The number of methoxy groups -OCH3 is 1. The second-order valence-electron chi connectivity index (χ2n) is 3.39. The fourth-order valence-corrected chi connectivity index (χ4v) is 1.38. The number of hydrogen-bond donors (Lipinski definition) is 1. The van der Waals surface area contributed by atoms with Crippen molar-refractivity contribution < 1.29 is 14.6 Å². The van der Waals surface area contributed by atoms with Crippen molar-refractivity contribution in [1.82, 2.24) is 0 Å². The maximum Gasteiger partial charge on any atom is 0.196 e. The van der Waals surface area contributed by atoms with Gasteiger partial charge in [0.15, 0.2) is 5.78 Å². The fourth-order valence-electron chi connectivity index (χ4n) is 1.38. The Balaban J connectivity index is 3.19. The lowest BCUT2D eigenvalue weighted by molar-refractivity contribution is 0.103. The van der Waals surface area contributed by atoms with Gasteiger partial charge in [0.2, 0.25) is 0 Å². The van der Waals surface area contributed by atoms with Gasteiger partial charge in [-0.3, -0.25) is 4.79 Å². The molecule has 0 radical (unpaired) electrons. The molecule has 0 unspecified atom stereocenters. The molecule has 0 heterocycles. The van der Waals surface area contributed by atoms with E-state index in [2.05, 4.69) is 13.2 Å². The second-order valence-corrected chi connectivity index (χ2v) is 3.39. The molecule has 0 saturated heterocycles. The summed E-state index contributed by atoms with van der Waals surface area (Å²) in [6.07, 6.45) is 0. The van der Waals surface area contributed by atoms with Gasteiger partial charge >= 0.3 is 0 Å².